The van der Waals surface area contributed by atoms with Gasteiger partial charge in [0.1, 0.15) is 0 Å². The predicted molar refractivity (Wildman–Crippen MR) is 115 cm³/mol. The lowest BCUT2D eigenvalue weighted by molar-refractivity contribution is -0.123. The van der Waals surface area contributed by atoms with Crippen LogP contribution in [0.5, 0.6) is 0 Å². The molecule has 7 heteroatoms. The zero-order chi connectivity index (χ0) is 20.7. The molecule has 3 atom stereocenters. The highest BCUT2D eigenvalue weighted by Gasteiger charge is 2.55. The molecule has 0 heterocycles. The summed E-state index contributed by atoms with van der Waals surface area (Å²) in [5.74, 6) is -0.00562. The van der Waals surface area contributed by atoms with Gasteiger partial charge in [-0.05, 0) is 55.2 Å². The second-order valence-electron chi connectivity index (χ2n) is 7.90. The van der Waals surface area contributed by atoms with Gasteiger partial charge < -0.3 is 5.32 Å². The van der Waals surface area contributed by atoms with Crippen LogP contribution in [-0.2, 0) is 20.2 Å². The van der Waals surface area contributed by atoms with E-state index in [4.69, 9.17) is 0 Å². The first kappa shape index (κ1) is 20.7. The van der Waals surface area contributed by atoms with Gasteiger partial charge in [0.25, 0.3) is 0 Å². The summed E-state index contributed by atoms with van der Waals surface area (Å²) in [6, 6.07) is 13.3. The minimum absolute atomic E-state index is 0.0425. The Morgan fingerprint density at radius 1 is 1.21 bits per heavy atom. The van der Waals surface area contributed by atoms with E-state index < -0.39 is 10.0 Å². The van der Waals surface area contributed by atoms with Gasteiger partial charge in [0.05, 0.1) is 18.0 Å². The third-order valence-electron chi connectivity index (χ3n) is 5.48. The van der Waals surface area contributed by atoms with Crippen LogP contribution in [0.4, 0.5) is 5.69 Å². The van der Waals surface area contributed by atoms with Crippen LogP contribution in [-0.4, -0.2) is 20.6 Å². The molecular formula is C21H26N2O3S2. The summed E-state index contributed by atoms with van der Waals surface area (Å²) in [6.07, 6.45) is 1.95. The number of nitrogens with one attached hydrogen (secondary N) is 2. The third-order valence-corrected chi connectivity index (χ3v) is 6.37. The number of anilines is 1. The van der Waals surface area contributed by atoms with Gasteiger partial charge in [-0.15, -0.1) is 12.6 Å². The molecule has 1 amide bonds. The molecule has 0 saturated heterocycles. The summed E-state index contributed by atoms with van der Waals surface area (Å²) in [7, 11) is -3.32. The number of carbonyl (C=O) groups is 1. The van der Waals surface area contributed by atoms with Crippen molar-refractivity contribution in [2.45, 2.75) is 43.5 Å². The Labute approximate surface area is 172 Å². The molecule has 0 spiro atoms. The van der Waals surface area contributed by atoms with Crippen LogP contribution in [0.1, 0.15) is 43.0 Å². The van der Waals surface area contributed by atoms with Crippen LogP contribution in [0, 0.1) is 12.8 Å². The molecule has 0 aromatic heterocycles. The van der Waals surface area contributed by atoms with E-state index in [1.54, 1.807) is 6.07 Å². The van der Waals surface area contributed by atoms with Crippen LogP contribution < -0.4 is 10.0 Å². The van der Waals surface area contributed by atoms with Crippen LogP contribution >= 0.6 is 12.6 Å². The number of benzene rings is 2. The number of thiol groups is 1. The molecule has 1 aliphatic carbocycles. The Morgan fingerprint density at radius 2 is 1.86 bits per heavy atom. The molecule has 2 aromatic carbocycles. The van der Waals surface area contributed by atoms with Gasteiger partial charge in [0, 0.05) is 16.2 Å². The standard InChI is InChI=1S/C21H26N2O3S2/c1-13-11-15(5-10-19(13)23-28(4,25)26)14(2)22-20(24)18-12-21(18,3)16-6-8-17(27)9-7-16/h5-11,14,18,23,27H,12H2,1-4H3,(H,22,24). The van der Waals surface area contributed by atoms with E-state index in [-0.39, 0.29) is 23.3 Å². The fourth-order valence-corrected chi connectivity index (χ4v) is 4.35. The lowest BCUT2D eigenvalue weighted by Gasteiger charge is -2.18. The van der Waals surface area contributed by atoms with Gasteiger partial charge in [-0.3, -0.25) is 9.52 Å². The second kappa shape index (κ2) is 7.44. The number of aryl methyl sites for hydroxylation is 1. The van der Waals surface area contributed by atoms with E-state index in [9.17, 15) is 13.2 Å². The van der Waals surface area contributed by atoms with Gasteiger partial charge in [-0.2, -0.15) is 0 Å². The van der Waals surface area contributed by atoms with Gasteiger partial charge in [0.15, 0.2) is 0 Å². The first-order chi connectivity index (χ1) is 13.0. The molecule has 28 heavy (non-hydrogen) atoms. The fraction of sp³-hybridized carbons (Fsp3) is 0.381. The van der Waals surface area contributed by atoms with E-state index in [1.807, 2.05) is 50.2 Å². The molecule has 1 aliphatic rings. The molecule has 1 fully saturated rings. The predicted octanol–water partition coefficient (Wildman–Crippen LogP) is 3.81. The number of hydrogen-bond acceptors (Lipinski definition) is 4. The maximum Gasteiger partial charge on any atom is 0.229 e. The van der Waals surface area contributed by atoms with Gasteiger partial charge in [0.2, 0.25) is 15.9 Å². The van der Waals surface area contributed by atoms with Crippen molar-refractivity contribution in [2.24, 2.45) is 5.92 Å². The first-order valence-corrected chi connectivity index (χ1v) is 11.5. The van der Waals surface area contributed by atoms with Crippen molar-refractivity contribution in [3.05, 3.63) is 59.2 Å². The Morgan fingerprint density at radius 3 is 2.43 bits per heavy atom. The topological polar surface area (TPSA) is 75.3 Å². The number of rotatable bonds is 6. The average molecular weight is 419 g/mol. The van der Waals surface area contributed by atoms with Crippen LogP contribution in [0.25, 0.3) is 0 Å². The van der Waals surface area contributed by atoms with Gasteiger partial charge >= 0.3 is 0 Å². The average Bonchev–Trinajstić information content (AvgIpc) is 3.29. The summed E-state index contributed by atoms with van der Waals surface area (Å²) in [4.78, 5) is 13.7. The van der Waals surface area contributed by atoms with E-state index in [2.05, 4.69) is 29.6 Å². The zero-order valence-electron chi connectivity index (χ0n) is 16.5. The van der Waals surface area contributed by atoms with E-state index in [0.29, 0.717) is 5.69 Å². The fourth-order valence-electron chi connectivity index (χ4n) is 3.58. The molecule has 2 aromatic rings. The Bertz CT molecular complexity index is 1000. The highest BCUT2D eigenvalue weighted by Crippen LogP contribution is 2.54. The molecule has 3 unspecified atom stereocenters. The van der Waals surface area contributed by atoms with E-state index in [1.165, 1.54) is 0 Å². The Hall–Kier alpha value is -1.99. The van der Waals surface area contributed by atoms with Crippen molar-refractivity contribution in [3.8, 4) is 0 Å². The number of sulfonamides is 1. The van der Waals surface area contributed by atoms with Crippen LogP contribution in [0.15, 0.2) is 47.4 Å². The van der Waals surface area contributed by atoms with Crippen LogP contribution in [0.3, 0.4) is 0 Å². The summed E-state index contributed by atoms with van der Waals surface area (Å²) in [5.41, 5.74) is 3.32. The SMILES string of the molecule is Cc1cc(C(C)NC(=O)C2CC2(C)c2ccc(S)cc2)ccc1NS(C)(=O)=O. The number of carbonyl (C=O) groups excluding carboxylic acids is 1. The number of hydrogen-bond donors (Lipinski definition) is 3. The van der Waals surface area contributed by atoms with Crippen molar-refractivity contribution < 1.29 is 13.2 Å². The highest BCUT2D eigenvalue weighted by atomic mass is 32.2. The van der Waals surface area contributed by atoms with Gasteiger partial charge in [-0.1, -0.05) is 31.2 Å². The van der Waals surface area contributed by atoms with E-state index >= 15 is 0 Å². The summed E-state index contributed by atoms with van der Waals surface area (Å²) < 4.78 is 25.3. The molecule has 3 rings (SSSR count). The maximum atomic E-state index is 12.8. The zero-order valence-corrected chi connectivity index (χ0v) is 18.2. The molecule has 5 nitrogen and oxygen atoms in total. The Kier molecular flexibility index (Phi) is 5.51. The van der Waals surface area contributed by atoms with Crippen molar-refractivity contribution in [1.82, 2.24) is 5.32 Å². The number of amides is 1. The van der Waals surface area contributed by atoms with Crippen molar-refractivity contribution in [3.63, 3.8) is 0 Å². The largest absolute Gasteiger partial charge is 0.349 e. The first-order valence-electron chi connectivity index (χ1n) is 9.18. The second-order valence-corrected chi connectivity index (χ2v) is 10.2. The molecule has 1 saturated carbocycles. The van der Waals surface area contributed by atoms with Crippen molar-refractivity contribution in [1.29, 1.82) is 0 Å². The molecule has 0 bridgehead atoms. The summed E-state index contributed by atoms with van der Waals surface area (Å²) in [6.45, 7) is 5.89. The molecular weight excluding hydrogens is 392 g/mol. The highest BCUT2D eigenvalue weighted by molar-refractivity contribution is 7.92. The smallest absolute Gasteiger partial charge is 0.229 e. The molecule has 150 valence electrons. The molecule has 0 aliphatic heterocycles. The normalized spacial score (nSPS) is 22.4. The minimum Gasteiger partial charge on any atom is -0.349 e. The van der Waals surface area contributed by atoms with Crippen molar-refractivity contribution >= 4 is 34.2 Å². The van der Waals surface area contributed by atoms with Crippen LogP contribution in [0.2, 0.25) is 0 Å². The lowest BCUT2D eigenvalue weighted by atomic mass is 9.95. The van der Waals surface area contributed by atoms with Crippen molar-refractivity contribution in [2.75, 3.05) is 11.0 Å². The molecule has 2 N–H and O–H groups in total. The van der Waals surface area contributed by atoms with E-state index in [0.717, 1.165) is 34.3 Å². The monoisotopic (exact) mass is 418 g/mol. The minimum atomic E-state index is -3.32. The maximum absolute atomic E-state index is 12.8. The summed E-state index contributed by atoms with van der Waals surface area (Å²) >= 11 is 4.32. The third kappa shape index (κ3) is 4.52. The lowest BCUT2D eigenvalue weighted by Crippen LogP contribution is -2.30. The quantitative estimate of drug-likeness (QED) is 0.625. The molecule has 0 radical (unpaired) electrons. The Balaban J connectivity index is 1.66. The van der Waals surface area contributed by atoms with Gasteiger partial charge in [-0.25, -0.2) is 8.42 Å². The summed E-state index contributed by atoms with van der Waals surface area (Å²) in [5, 5.41) is 3.10.